The van der Waals surface area contributed by atoms with Gasteiger partial charge in [-0.15, -0.1) is 0 Å². The van der Waals surface area contributed by atoms with E-state index in [1.54, 1.807) is 14.2 Å². The second-order valence-electron chi connectivity index (χ2n) is 10.7. The molecule has 2 N–H and O–H groups in total. The summed E-state index contributed by atoms with van der Waals surface area (Å²) in [6.45, 7) is 7.00. The molecule has 0 bridgehead atoms. The molecule has 1 aliphatic carbocycles. The van der Waals surface area contributed by atoms with Crippen LogP contribution in [-0.2, 0) is 16.0 Å². The molecule has 1 aromatic heterocycles. The molecule has 39 heavy (non-hydrogen) atoms. The van der Waals surface area contributed by atoms with Crippen LogP contribution in [0, 0.1) is 11.8 Å². The fourth-order valence-corrected chi connectivity index (χ4v) is 5.96. The van der Waals surface area contributed by atoms with Crippen LogP contribution in [0.5, 0.6) is 17.2 Å². The van der Waals surface area contributed by atoms with Crippen molar-refractivity contribution in [2.75, 3.05) is 32.9 Å². The minimum absolute atomic E-state index is 0.158. The van der Waals surface area contributed by atoms with Crippen molar-refractivity contribution in [1.82, 2.24) is 4.98 Å². The van der Waals surface area contributed by atoms with Gasteiger partial charge in [-0.1, -0.05) is 25.1 Å². The highest BCUT2D eigenvalue weighted by atomic mass is 16.7. The van der Waals surface area contributed by atoms with Crippen molar-refractivity contribution in [3.8, 4) is 17.2 Å². The summed E-state index contributed by atoms with van der Waals surface area (Å²) in [5.74, 6) is 0.479. The van der Waals surface area contributed by atoms with E-state index in [9.17, 15) is 9.90 Å². The van der Waals surface area contributed by atoms with Crippen molar-refractivity contribution in [3.63, 3.8) is 0 Å². The van der Waals surface area contributed by atoms with Gasteiger partial charge in [0.25, 0.3) is 0 Å². The minimum Gasteiger partial charge on any atom is -0.497 e. The zero-order chi connectivity index (χ0) is 27.7. The second kappa shape index (κ2) is 11.1. The number of carboxylic acid groups (broad SMARTS) is 1. The lowest BCUT2D eigenvalue weighted by Gasteiger charge is -2.25. The Bertz CT molecular complexity index is 1360. The summed E-state index contributed by atoms with van der Waals surface area (Å²) in [6, 6.07) is 15.8. The van der Waals surface area contributed by atoms with Gasteiger partial charge in [-0.25, -0.2) is 4.98 Å². The molecule has 0 radical (unpaired) electrons. The molecule has 8 nitrogen and oxygen atoms in total. The summed E-state index contributed by atoms with van der Waals surface area (Å²) in [4.78, 5) is 18.2. The van der Waals surface area contributed by atoms with E-state index in [0.29, 0.717) is 18.1 Å². The van der Waals surface area contributed by atoms with Crippen molar-refractivity contribution in [2.45, 2.75) is 45.1 Å². The monoisotopic (exact) mass is 532 g/mol. The Hall–Kier alpha value is -3.78. The van der Waals surface area contributed by atoms with Crippen molar-refractivity contribution in [2.24, 2.45) is 11.8 Å². The fraction of sp³-hybridized carbons (Fsp3) is 0.419. The smallest absolute Gasteiger partial charge is 0.308 e. The first-order chi connectivity index (χ1) is 18.8. The predicted molar refractivity (Wildman–Crippen MR) is 148 cm³/mol. The van der Waals surface area contributed by atoms with Crippen molar-refractivity contribution < 1.29 is 28.8 Å². The lowest BCUT2D eigenvalue weighted by molar-refractivity contribution is -0.142. The Kier molecular flexibility index (Phi) is 7.66. The van der Waals surface area contributed by atoms with E-state index in [2.05, 4.69) is 26.1 Å². The van der Waals surface area contributed by atoms with Crippen LogP contribution < -0.4 is 19.5 Å². The molecule has 2 aromatic carbocycles. The van der Waals surface area contributed by atoms with Gasteiger partial charge in [0, 0.05) is 31.6 Å². The van der Waals surface area contributed by atoms with Crippen molar-refractivity contribution in [3.05, 3.63) is 76.5 Å². The Morgan fingerprint density at radius 2 is 1.79 bits per heavy atom. The third-order valence-electron chi connectivity index (χ3n) is 7.49. The number of aliphatic carboxylic acids is 1. The second-order valence-corrected chi connectivity index (χ2v) is 10.7. The zero-order valence-corrected chi connectivity index (χ0v) is 23.1. The molecule has 0 spiro atoms. The summed E-state index contributed by atoms with van der Waals surface area (Å²) in [5.41, 5.74) is 4.54. The topological polar surface area (TPSA) is 99.1 Å². The van der Waals surface area contributed by atoms with E-state index in [1.165, 1.54) is 0 Å². The molecule has 0 unspecified atom stereocenters. The number of aromatic nitrogens is 1. The molecule has 1 aliphatic heterocycles. The molecule has 206 valence electrons. The number of methoxy groups -OCH3 is 2. The number of nitrogens with one attached hydrogen (secondary N) is 1. The maximum absolute atomic E-state index is 13.1. The Morgan fingerprint density at radius 3 is 2.51 bits per heavy atom. The third-order valence-corrected chi connectivity index (χ3v) is 7.49. The van der Waals surface area contributed by atoms with Gasteiger partial charge in [-0.3, -0.25) is 4.79 Å². The molecule has 0 fully saturated rings. The van der Waals surface area contributed by atoms with Gasteiger partial charge < -0.3 is 29.4 Å². The van der Waals surface area contributed by atoms with E-state index < -0.39 is 23.7 Å². The number of hydrogen-bond acceptors (Lipinski definition) is 7. The quantitative estimate of drug-likeness (QED) is 0.356. The van der Waals surface area contributed by atoms with E-state index >= 15 is 0 Å². The van der Waals surface area contributed by atoms with Crippen LogP contribution >= 0.6 is 0 Å². The normalized spacial score (nSPS) is 20.1. The lowest BCUT2D eigenvalue weighted by atomic mass is 9.78. The summed E-state index contributed by atoms with van der Waals surface area (Å²) in [5, 5.41) is 14.2. The van der Waals surface area contributed by atoms with Crippen LogP contribution in [0.25, 0.3) is 0 Å². The number of nitrogens with zero attached hydrogens (tertiary/aromatic N) is 1. The molecule has 0 amide bonds. The number of fused-ring (bicyclic) bond motifs is 2. The highest BCUT2D eigenvalue weighted by Gasteiger charge is 2.48. The number of rotatable bonds is 10. The molecule has 2 heterocycles. The molecule has 3 aromatic rings. The molecule has 5 rings (SSSR count). The highest BCUT2D eigenvalue weighted by molar-refractivity contribution is 5.78. The largest absolute Gasteiger partial charge is 0.497 e. The van der Waals surface area contributed by atoms with Crippen LogP contribution in [0.4, 0.5) is 5.82 Å². The Morgan fingerprint density at radius 1 is 1.03 bits per heavy atom. The van der Waals surface area contributed by atoms with Crippen LogP contribution in [0.3, 0.4) is 0 Å². The van der Waals surface area contributed by atoms with Crippen LogP contribution in [0.2, 0.25) is 0 Å². The van der Waals surface area contributed by atoms with Gasteiger partial charge in [-0.2, -0.15) is 0 Å². The summed E-state index contributed by atoms with van der Waals surface area (Å²) in [6.07, 6.45) is 0.719. The van der Waals surface area contributed by atoms with E-state index in [1.807, 2.05) is 48.5 Å². The molecular formula is C31H36N2O6. The van der Waals surface area contributed by atoms with Crippen molar-refractivity contribution >= 4 is 11.8 Å². The number of benzene rings is 2. The first-order valence-electron chi connectivity index (χ1n) is 13.4. The van der Waals surface area contributed by atoms with Crippen LogP contribution in [0.1, 0.15) is 60.6 Å². The summed E-state index contributed by atoms with van der Waals surface area (Å²) >= 11 is 0. The summed E-state index contributed by atoms with van der Waals surface area (Å²) < 4.78 is 22.1. The fourth-order valence-electron chi connectivity index (χ4n) is 5.96. The number of pyridine rings is 1. The third kappa shape index (κ3) is 5.26. The predicted octanol–water partition coefficient (Wildman–Crippen LogP) is 5.44. The first kappa shape index (κ1) is 26.8. The van der Waals surface area contributed by atoms with Gasteiger partial charge in [0.05, 0.1) is 18.7 Å². The van der Waals surface area contributed by atoms with E-state index in [4.69, 9.17) is 23.9 Å². The van der Waals surface area contributed by atoms with Crippen molar-refractivity contribution in [1.29, 1.82) is 0 Å². The number of carbonyl (C=O) groups is 1. The van der Waals surface area contributed by atoms with Gasteiger partial charge in [0.2, 0.25) is 6.79 Å². The molecule has 0 saturated heterocycles. The highest BCUT2D eigenvalue weighted by Crippen LogP contribution is 2.54. The Labute approximate surface area is 229 Å². The zero-order valence-electron chi connectivity index (χ0n) is 23.1. The number of carboxylic acids is 1. The molecular weight excluding hydrogens is 496 g/mol. The maximum atomic E-state index is 13.1. The lowest BCUT2D eigenvalue weighted by Crippen LogP contribution is -2.25. The molecule has 0 saturated carbocycles. The van der Waals surface area contributed by atoms with Gasteiger partial charge >= 0.3 is 5.97 Å². The van der Waals surface area contributed by atoms with Gasteiger partial charge in [0.15, 0.2) is 11.5 Å². The van der Waals surface area contributed by atoms with Crippen LogP contribution in [-0.4, -0.2) is 49.7 Å². The van der Waals surface area contributed by atoms with Crippen LogP contribution in [0.15, 0.2) is 48.5 Å². The Balaban J connectivity index is 1.69. The molecule has 2 aliphatic rings. The molecule has 4 atom stereocenters. The first-order valence-corrected chi connectivity index (χ1v) is 13.4. The number of ether oxygens (including phenoxy) is 4. The number of hydrogen-bond donors (Lipinski definition) is 2. The van der Waals surface area contributed by atoms with E-state index in [0.717, 1.165) is 45.9 Å². The molecule has 8 heteroatoms. The van der Waals surface area contributed by atoms with Gasteiger partial charge in [0.1, 0.15) is 11.6 Å². The maximum Gasteiger partial charge on any atom is 0.308 e. The van der Waals surface area contributed by atoms with E-state index in [-0.39, 0.29) is 18.8 Å². The minimum atomic E-state index is -0.870. The standard InChI is InChI=1S/C31H36N2O6/c1-17(2)32-26-11-9-23-27(19-6-10-24-25(14-19)39-16-38-24)29(31(34)35)28(30(23)33-26)22-8-7-21(37-5)13-20(22)12-18(3)15-36-4/h6-11,13-14,17-18,27-29H,12,15-16H2,1-5H3,(H,32,33)(H,34,35)/t18-,27+,28+,29-/m1/s1. The summed E-state index contributed by atoms with van der Waals surface area (Å²) in [7, 11) is 3.34. The SMILES string of the molecule is COC[C@H](C)Cc1cc(OC)ccc1[C@@H]1c2nc(NC(C)C)ccc2[C@H](c2ccc3c(c2)OCO3)[C@H]1C(=O)O. The number of anilines is 1. The van der Waals surface area contributed by atoms with Gasteiger partial charge in [-0.05, 0) is 78.8 Å². The average molecular weight is 533 g/mol. The average Bonchev–Trinajstić information content (AvgIpc) is 3.50.